The molecule has 1 amide bonds. The molecule has 8 nitrogen and oxygen atoms in total. The van der Waals surface area contributed by atoms with Gasteiger partial charge in [-0.25, -0.2) is 18.1 Å². The third-order valence-corrected chi connectivity index (χ3v) is 7.90. The van der Waals surface area contributed by atoms with E-state index in [1.54, 1.807) is 52.3 Å². The van der Waals surface area contributed by atoms with Gasteiger partial charge in [0.05, 0.1) is 11.4 Å². The Morgan fingerprint density at radius 2 is 1.70 bits per heavy atom. The van der Waals surface area contributed by atoms with Crippen LogP contribution in [-0.4, -0.2) is 64.5 Å². The molecule has 1 saturated heterocycles. The van der Waals surface area contributed by atoms with Crippen molar-refractivity contribution < 1.29 is 13.2 Å². The second-order valence-corrected chi connectivity index (χ2v) is 9.68. The fourth-order valence-electron chi connectivity index (χ4n) is 3.36. The van der Waals surface area contributed by atoms with E-state index in [-0.39, 0.29) is 23.9 Å². The van der Waals surface area contributed by atoms with Crippen molar-refractivity contribution >= 4 is 31.9 Å². The van der Waals surface area contributed by atoms with Crippen molar-refractivity contribution in [1.29, 1.82) is 0 Å². The normalized spacial score (nSPS) is 15.3. The molecule has 10 heteroatoms. The molecular weight excluding hydrogens is 470 g/mol. The molecule has 0 radical (unpaired) electrons. The maximum absolute atomic E-state index is 12.9. The Labute approximate surface area is 183 Å². The number of aromatic nitrogens is 3. The molecule has 156 valence electrons. The zero-order valence-corrected chi connectivity index (χ0v) is 18.5. The summed E-state index contributed by atoms with van der Waals surface area (Å²) in [5.74, 6) is -0.0970. The molecule has 2 aromatic carbocycles. The number of amides is 1. The van der Waals surface area contributed by atoms with Gasteiger partial charge >= 0.3 is 0 Å². The van der Waals surface area contributed by atoms with E-state index < -0.39 is 10.0 Å². The second kappa shape index (κ2) is 8.66. The topological polar surface area (TPSA) is 88.4 Å². The Balaban J connectivity index is 1.39. The molecule has 4 rings (SSSR count). The van der Waals surface area contributed by atoms with Crippen LogP contribution in [0.15, 0.2) is 70.6 Å². The highest BCUT2D eigenvalue weighted by Gasteiger charge is 2.31. The third kappa shape index (κ3) is 4.30. The summed E-state index contributed by atoms with van der Waals surface area (Å²) in [6.07, 6.45) is 3.12. The quantitative estimate of drug-likeness (QED) is 0.548. The fraction of sp³-hybridized carbons (Fsp3) is 0.250. The van der Waals surface area contributed by atoms with Crippen LogP contribution >= 0.6 is 15.9 Å². The van der Waals surface area contributed by atoms with E-state index in [1.165, 1.54) is 10.6 Å². The summed E-state index contributed by atoms with van der Waals surface area (Å²) in [5.41, 5.74) is 1.60. The van der Waals surface area contributed by atoms with Gasteiger partial charge < -0.3 is 4.90 Å². The Morgan fingerprint density at radius 3 is 2.33 bits per heavy atom. The summed E-state index contributed by atoms with van der Waals surface area (Å²) in [7, 11) is -3.60. The summed E-state index contributed by atoms with van der Waals surface area (Å²) < 4.78 is 29.5. The van der Waals surface area contributed by atoms with Gasteiger partial charge in [-0.3, -0.25) is 4.79 Å². The van der Waals surface area contributed by atoms with Crippen LogP contribution in [0.2, 0.25) is 0 Å². The first-order valence-electron chi connectivity index (χ1n) is 9.40. The van der Waals surface area contributed by atoms with Gasteiger partial charge in [-0.15, -0.1) is 0 Å². The van der Waals surface area contributed by atoms with Crippen molar-refractivity contribution in [1.82, 2.24) is 24.0 Å². The van der Waals surface area contributed by atoms with Gasteiger partial charge in [-0.05, 0) is 45.8 Å². The minimum atomic E-state index is -3.60. The Bertz CT molecular complexity index is 1130. The molecule has 0 atom stereocenters. The number of nitrogens with zero attached hydrogens (tertiary/aromatic N) is 5. The van der Waals surface area contributed by atoms with Crippen LogP contribution in [0.1, 0.15) is 15.9 Å². The minimum Gasteiger partial charge on any atom is -0.336 e. The predicted octanol–water partition coefficient (Wildman–Crippen LogP) is 2.24. The number of piperazine rings is 1. The van der Waals surface area contributed by atoms with Gasteiger partial charge in [0, 0.05) is 36.2 Å². The van der Waals surface area contributed by atoms with Gasteiger partial charge in [0.2, 0.25) is 10.0 Å². The van der Waals surface area contributed by atoms with Crippen molar-refractivity contribution in [3.8, 4) is 0 Å². The molecule has 1 aliphatic heterocycles. The van der Waals surface area contributed by atoms with E-state index in [9.17, 15) is 13.2 Å². The maximum atomic E-state index is 12.9. The van der Waals surface area contributed by atoms with Crippen LogP contribution in [0.5, 0.6) is 0 Å². The zero-order chi connectivity index (χ0) is 21.1. The highest BCUT2D eigenvalue weighted by Crippen LogP contribution is 2.25. The molecule has 0 N–H and O–H groups in total. The minimum absolute atomic E-state index is 0.0970. The number of benzene rings is 2. The van der Waals surface area contributed by atoms with Crippen molar-refractivity contribution in [2.45, 2.75) is 11.4 Å². The van der Waals surface area contributed by atoms with Gasteiger partial charge in [-0.2, -0.15) is 9.40 Å². The number of rotatable bonds is 5. The number of carbonyl (C=O) groups is 1. The fourth-order valence-corrected chi connectivity index (χ4v) is 5.75. The smallest absolute Gasteiger partial charge is 0.253 e. The largest absolute Gasteiger partial charge is 0.336 e. The summed E-state index contributed by atoms with van der Waals surface area (Å²) in [6.45, 7) is 1.81. The van der Waals surface area contributed by atoms with Crippen molar-refractivity contribution in [3.05, 3.63) is 76.8 Å². The summed E-state index contributed by atoms with van der Waals surface area (Å²) >= 11 is 3.31. The molecule has 0 aliphatic carbocycles. The molecule has 1 fully saturated rings. The molecule has 0 spiro atoms. The monoisotopic (exact) mass is 489 g/mol. The van der Waals surface area contributed by atoms with E-state index in [1.807, 2.05) is 12.1 Å². The summed E-state index contributed by atoms with van der Waals surface area (Å²) in [4.78, 5) is 18.7. The SMILES string of the molecule is O=C(c1ccc(Cn2cncn2)cc1)N1CCN(S(=O)(=O)c2ccccc2Br)CC1. The Kier molecular flexibility index (Phi) is 5.98. The lowest BCUT2D eigenvalue weighted by Crippen LogP contribution is -2.50. The highest BCUT2D eigenvalue weighted by molar-refractivity contribution is 9.10. The molecule has 3 aromatic rings. The molecule has 2 heterocycles. The molecule has 0 bridgehead atoms. The van der Waals surface area contributed by atoms with Gasteiger partial charge in [0.15, 0.2) is 0 Å². The maximum Gasteiger partial charge on any atom is 0.253 e. The Hall–Kier alpha value is -2.56. The van der Waals surface area contributed by atoms with E-state index in [2.05, 4.69) is 26.0 Å². The van der Waals surface area contributed by atoms with Crippen LogP contribution < -0.4 is 0 Å². The Morgan fingerprint density at radius 1 is 1.00 bits per heavy atom. The van der Waals surface area contributed by atoms with Crippen LogP contribution in [0.25, 0.3) is 0 Å². The highest BCUT2D eigenvalue weighted by atomic mass is 79.9. The molecule has 0 unspecified atom stereocenters. The number of sulfonamides is 1. The summed E-state index contributed by atoms with van der Waals surface area (Å²) in [6, 6.07) is 14.1. The van der Waals surface area contributed by atoms with E-state index in [0.29, 0.717) is 29.7 Å². The first-order chi connectivity index (χ1) is 14.4. The van der Waals surface area contributed by atoms with Crippen LogP contribution in [0, 0.1) is 0 Å². The molecule has 1 aromatic heterocycles. The zero-order valence-electron chi connectivity index (χ0n) is 16.1. The van der Waals surface area contributed by atoms with Gasteiger partial charge in [-0.1, -0.05) is 24.3 Å². The number of halogens is 1. The first-order valence-corrected chi connectivity index (χ1v) is 11.6. The average molecular weight is 490 g/mol. The number of hydrogen-bond acceptors (Lipinski definition) is 5. The van der Waals surface area contributed by atoms with E-state index in [4.69, 9.17) is 0 Å². The molecule has 30 heavy (non-hydrogen) atoms. The second-order valence-electron chi connectivity index (χ2n) is 6.92. The first kappa shape index (κ1) is 20.7. The van der Waals surface area contributed by atoms with Gasteiger partial charge in [0.25, 0.3) is 5.91 Å². The van der Waals surface area contributed by atoms with Crippen LogP contribution in [0.4, 0.5) is 0 Å². The van der Waals surface area contributed by atoms with Crippen LogP contribution in [-0.2, 0) is 16.6 Å². The predicted molar refractivity (Wildman–Crippen MR) is 114 cm³/mol. The lowest BCUT2D eigenvalue weighted by atomic mass is 10.1. The number of carbonyl (C=O) groups excluding carboxylic acids is 1. The molecule has 0 saturated carbocycles. The van der Waals surface area contributed by atoms with Crippen molar-refractivity contribution in [2.24, 2.45) is 0 Å². The van der Waals surface area contributed by atoms with E-state index >= 15 is 0 Å². The molecular formula is C20H20BrN5O3S. The number of hydrogen-bond donors (Lipinski definition) is 0. The standard InChI is InChI=1S/C20H20BrN5O3S/c21-18-3-1-2-4-19(18)30(28,29)26-11-9-24(10-12-26)20(27)17-7-5-16(6-8-17)13-25-15-22-14-23-25/h1-8,14-15H,9-13H2. The van der Waals surface area contributed by atoms with Crippen molar-refractivity contribution in [3.63, 3.8) is 0 Å². The lowest BCUT2D eigenvalue weighted by Gasteiger charge is -2.34. The average Bonchev–Trinajstić information content (AvgIpc) is 3.27. The molecule has 1 aliphatic rings. The van der Waals surface area contributed by atoms with Crippen molar-refractivity contribution in [2.75, 3.05) is 26.2 Å². The third-order valence-electron chi connectivity index (χ3n) is 4.99. The van der Waals surface area contributed by atoms with E-state index in [0.717, 1.165) is 5.56 Å². The summed E-state index contributed by atoms with van der Waals surface area (Å²) in [5, 5.41) is 4.07. The van der Waals surface area contributed by atoms with Gasteiger partial charge in [0.1, 0.15) is 12.7 Å². The van der Waals surface area contributed by atoms with Crippen LogP contribution in [0.3, 0.4) is 0 Å². The lowest BCUT2D eigenvalue weighted by molar-refractivity contribution is 0.0698.